The number of rotatable bonds is 8. The fourth-order valence-electron chi connectivity index (χ4n) is 3.81. The van der Waals surface area contributed by atoms with Crippen molar-refractivity contribution in [2.45, 2.75) is 59.4 Å². The molecule has 1 aliphatic rings. The van der Waals surface area contributed by atoms with Gasteiger partial charge in [-0.3, -0.25) is 4.99 Å². The summed E-state index contributed by atoms with van der Waals surface area (Å²) in [5.74, 6) is 2.67. The number of ether oxygens (including phenoxy) is 2. The Morgan fingerprint density at radius 2 is 1.91 bits per heavy atom. The molecule has 0 bridgehead atoms. The van der Waals surface area contributed by atoms with E-state index in [1.54, 1.807) is 7.05 Å². The summed E-state index contributed by atoms with van der Waals surface area (Å²) in [5, 5.41) is 6.75. The lowest BCUT2D eigenvalue weighted by Crippen LogP contribution is -2.45. The fourth-order valence-corrected chi connectivity index (χ4v) is 3.81. The van der Waals surface area contributed by atoms with Crippen molar-refractivity contribution in [1.82, 2.24) is 15.6 Å². The molecule has 0 saturated carbocycles. The predicted octanol–water partition coefficient (Wildman–Crippen LogP) is 3.66. The molecular weight excluding hydrogens is 402 g/mol. The van der Waals surface area contributed by atoms with E-state index in [4.69, 9.17) is 9.47 Å². The quantitative estimate of drug-likeness (QED) is 0.483. The highest BCUT2D eigenvalue weighted by atomic mass is 16.5. The van der Waals surface area contributed by atoms with Crippen LogP contribution >= 0.6 is 0 Å². The Morgan fingerprint density at radius 3 is 2.56 bits per heavy atom. The molecule has 1 aromatic carbocycles. The minimum Gasteiger partial charge on any atom is -0.493 e. The molecule has 1 saturated heterocycles. The topological polar surface area (TPSA) is 71.0 Å². The summed E-state index contributed by atoms with van der Waals surface area (Å²) in [5.41, 5.74) is 3.42. The van der Waals surface area contributed by atoms with Crippen LogP contribution in [-0.2, 0) is 17.8 Å². The van der Waals surface area contributed by atoms with E-state index in [0.29, 0.717) is 19.7 Å². The Bertz CT molecular complexity index is 874. The number of aromatic nitrogens is 1. The van der Waals surface area contributed by atoms with Gasteiger partial charge in [0, 0.05) is 45.0 Å². The summed E-state index contributed by atoms with van der Waals surface area (Å²) in [7, 11) is 1.78. The van der Waals surface area contributed by atoms with Crippen molar-refractivity contribution < 1.29 is 9.47 Å². The summed E-state index contributed by atoms with van der Waals surface area (Å²) in [6, 6.07) is 10.5. The Balaban J connectivity index is 1.53. The number of guanidine groups is 1. The normalized spacial score (nSPS) is 19.0. The zero-order valence-corrected chi connectivity index (χ0v) is 20.0. The number of pyridine rings is 1. The van der Waals surface area contributed by atoms with Gasteiger partial charge < -0.3 is 25.0 Å². The molecule has 1 fully saturated rings. The maximum absolute atomic E-state index is 5.92. The molecule has 2 N–H and O–H groups in total. The van der Waals surface area contributed by atoms with E-state index in [1.165, 1.54) is 5.56 Å². The van der Waals surface area contributed by atoms with E-state index < -0.39 is 0 Å². The number of nitrogens with one attached hydrogen (secondary N) is 2. The highest BCUT2D eigenvalue weighted by Gasteiger charge is 2.22. The van der Waals surface area contributed by atoms with Crippen LogP contribution in [0.3, 0.4) is 0 Å². The van der Waals surface area contributed by atoms with Crippen molar-refractivity contribution in [2.24, 2.45) is 4.99 Å². The number of aryl methyl sites for hydroxylation is 1. The number of hydrogen-bond acceptors (Lipinski definition) is 5. The largest absolute Gasteiger partial charge is 0.493 e. The standard InChI is InChI=1S/C25H37N5O2/c1-6-11-31-23-12-18(2)7-9-22(23)15-29-25(26-5)28-14-21-8-10-24(27-13-21)30-16-19(3)32-20(4)17-30/h7-10,12-13,19-20H,6,11,14-17H2,1-5H3,(H2,26,28,29). The zero-order valence-electron chi connectivity index (χ0n) is 20.0. The van der Waals surface area contributed by atoms with E-state index in [1.807, 2.05) is 6.20 Å². The molecule has 2 atom stereocenters. The molecule has 32 heavy (non-hydrogen) atoms. The molecule has 2 aromatic rings. The van der Waals surface area contributed by atoms with Crippen LogP contribution in [-0.4, -0.2) is 49.9 Å². The molecule has 7 nitrogen and oxygen atoms in total. The summed E-state index contributed by atoms with van der Waals surface area (Å²) in [6.45, 7) is 12.2. The Labute approximate surface area is 192 Å². The first-order chi connectivity index (χ1) is 15.5. The van der Waals surface area contributed by atoms with Gasteiger partial charge in [0.05, 0.1) is 18.8 Å². The SMILES string of the molecule is CCCOc1cc(C)ccc1CNC(=NC)NCc1ccc(N2CC(C)OC(C)C2)nc1. The summed E-state index contributed by atoms with van der Waals surface area (Å²) >= 11 is 0. The molecule has 0 radical (unpaired) electrons. The highest BCUT2D eigenvalue weighted by molar-refractivity contribution is 5.79. The predicted molar refractivity (Wildman–Crippen MR) is 130 cm³/mol. The van der Waals surface area contributed by atoms with Crippen molar-refractivity contribution in [2.75, 3.05) is 31.6 Å². The molecule has 0 amide bonds. The van der Waals surface area contributed by atoms with Gasteiger partial charge in [-0.05, 0) is 50.5 Å². The van der Waals surface area contributed by atoms with Crippen LogP contribution in [0.15, 0.2) is 41.5 Å². The third-order valence-corrected chi connectivity index (χ3v) is 5.37. The number of nitrogens with zero attached hydrogens (tertiary/aromatic N) is 3. The fraction of sp³-hybridized carbons (Fsp3) is 0.520. The van der Waals surface area contributed by atoms with E-state index in [9.17, 15) is 0 Å². The number of anilines is 1. The maximum atomic E-state index is 5.92. The number of hydrogen-bond donors (Lipinski definition) is 2. The van der Waals surface area contributed by atoms with Crippen LogP contribution in [0, 0.1) is 6.92 Å². The van der Waals surface area contributed by atoms with E-state index in [2.05, 4.69) is 83.5 Å². The van der Waals surface area contributed by atoms with E-state index in [0.717, 1.165) is 48.2 Å². The summed E-state index contributed by atoms with van der Waals surface area (Å²) in [6.07, 6.45) is 3.35. The lowest BCUT2D eigenvalue weighted by Gasteiger charge is -2.36. The lowest BCUT2D eigenvalue weighted by molar-refractivity contribution is -0.00545. The van der Waals surface area contributed by atoms with Crippen molar-refractivity contribution >= 4 is 11.8 Å². The highest BCUT2D eigenvalue weighted by Crippen LogP contribution is 2.21. The second kappa shape index (κ2) is 11.7. The van der Waals surface area contributed by atoms with Gasteiger partial charge in [-0.2, -0.15) is 0 Å². The summed E-state index contributed by atoms with van der Waals surface area (Å²) in [4.78, 5) is 11.3. The van der Waals surface area contributed by atoms with Crippen LogP contribution in [0.5, 0.6) is 5.75 Å². The van der Waals surface area contributed by atoms with Gasteiger partial charge in [-0.15, -0.1) is 0 Å². The monoisotopic (exact) mass is 439 g/mol. The third-order valence-electron chi connectivity index (χ3n) is 5.37. The first-order valence-corrected chi connectivity index (χ1v) is 11.5. The van der Waals surface area contributed by atoms with Gasteiger partial charge >= 0.3 is 0 Å². The molecular formula is C25H37N5O2. The molecule has 7 heteroatoms. The molecule has 1 aromatic heterocycles. The Kier molecular flexibility index (Phi) is 8.73. The lowest BCUT2D eigenvalue weighted by atomic mass is 10.1. The molecule has 2 heterocycles. The van der Waals surface area contributed by atoms with Crippen molar-refractivity contribution in [3.05, 3.63) is 53.2 Å². The second-order valence-corrected chi connectivity index (χ2v) is 8.43. The van der Waals surface area contributed by atoms with Crippen LogP contribution in [0.4, 0.5) is 5.82 Å². The van der Waals surface area contributed by atoms with E-state index >= 15 is 0 Å². The van der Waals surface area contributed by atoms with Crippen LogP contribution in [0.1, 0.15) is 43.9 Å². The molecule has 0 spiro atoms. The number of aliphatic imine (C=N–C) groups is 1. The Morgan fingerprint density at radius 1 is 1.16 bits per heavy atom. The van der Waals surface area contributed by atoms with Crippen LogP contribution in [0.2, 0.25) is 0 Å². The average Bonchev–Trinajstić information content (AvgIpc) is 2.78. The van der Waals surface area contributed by atoms with Gasteiger partial charge in [-0.25, -0.2) is 4.98 Å². The maximum Gasteiger partial charge on any atom is 0.191 e. The molecule has 3 rings (SSSR count). The number of morpholine rings is 1. The molecule has 0 aliphatic carbocycles. The smallest absolute Gasteiger partial charge is 0.191 e. The van der Waals surface area contributed by atoms with Gasteiger partial charge in [0.2, 0.25) is 0 Å². The van der Waals surface area contributed by atoms with Crippen LogP contribution < -0.4 is 20.3 Å². The van der Waals surface area contributed by atoms with Crippen molar-refractivity contribution in [3.63, 3.8) is 0 Å². The van der Waals surface area contributed by atoms with Crippen LogP contribution in [0.25, 0.3) is 0 Å². The first kappa shape index (κ1) is 23.9. The first-order valence-electron chi connectivity index (χ1n) is 11.5. The van der Waals surface area contributed by atoms with Crippen molar-refractivity contribution in [1.29, 1.82) is 0 Å². The van der Waals surface area contributed by atoms with Gasteiger partial charge in [0.25, 0.3) is 0 Å². The zero-order chi connectivity index (χ0) is 22.9. The minimum atomic E-state index is 0.220. The average molecular weight is 440 g/mol. The van der Waals surface area contributed by atoms with E-state index in [-0.39, 0.29) is 12.2 Å². The number of benzene rings is 1. The molecule has 174 valence electrons. The molecule has 1 aliphatic heterocycles. The Hall–Kier alpha value is -2.80. The summed E-state index contributed by atoms with van der Waals surface area (Å²) < 4.78 is 11.7. The molecule has 2 unspecified atom stereocenters. The second-order valence-electron chi connectivity index (χ2n) is 8.43. The minimum absolute atomic E-state index is 0.220. The third kappa shape index (κ3) is 6.85. The van der Waals surface area contributed by atoms with Crippen molar-refractivity contribution in [3.8, 4) is 5.75 Å². The van der Waals surface area contributed by atoms with Gasteiger partial charge in [0.1, 0.15) is 11.6 Å². The van der Waals surface area contributed by atoms with Gasteiger partial charge in [0.15, 0.2) is 5.96 Å². The van der Waals surface area contributed by atoms with Gasteiger partial charge in [-0.1, -0.05) is 25.1 Å².